The Morgan fingerprint density at radius 1 is 0.853 bits per heavy atom. The van der Waals surface area contributed by atoms with Gasteiger partial charge in [-0.15, -0.1) is 10.2 Å². The molecular weight excluding hydrogens is 460 g/mol. The van der Waals surface area contributed by atoms with Crippen molar-refractivity contribution in [2.24, 2.45) is 0 Å². The Balaban J connectivity index is 1.47. The van der Waals surface area contributed by atoms with Crippen molar-refractivity contribution in [3.63, 3.8) is 0 Å². The van der Waals surface area contributed by atoms with Crippen molar-refractivity contribution in [2.75, 3.05) is 10.6 Å². The molecule has 7 nitrogen and oxygen atoms in total. The van der Waals surface area contributed by atoms with Gasteiger partial charge < -0.3 is 10.6 Å². The number of aromatic nitrogens is 2. The van der Waals surface area contributed by atoms with Crippen molar-refractivity contribution < 1.29 is 18.4 Å². The maximum atomic E-state index is 13.4. The molecule has 0 saturated heterocycles. The van der Waals surface area contributed by atoms with Gasteiger partial charge in [0.05, 0.1) is 0 Å². The average Bonchev–Trinajstić information content (AvgIpc) is 3.28. The molecule has 0 aliphatic rings. The minimum Gasteiger partial charge on any atom is -0.326 e. The first-order chi connectivity index (χ1) is 16.5. The number of carbonyl (C=O) groups excluding carboxylic acids is 2. The van der Waals surface area contributed by atoms with Crippen LogP contribution in [0.2, 0.25) is 0 Å². The van der Waals surface area contributed by atoms with E-state index < -0.39 is 23.8 Å². The summed E-state index contributed by atoms with van der Waals surface area (Å²) in [6.07, 6.45) is 0.215. The maximum absolute atomic E-state index is 13.4. The summed E-state index contributed by atoms with van der Waals surface area (Å²) in [6, 6.07) is 18.8. The molecule has 3 amide bonds. The van der Waals surface area contributed by atoms with E-state index in [2.05, 4.69) is 26.1 Å². The number of anilines is 2. The monoisotopic (exact) mass is 479 g/mol. The lowest BCUT2D eigenvalue weighted by Gasteiger charge is -2.18. The number of nitrogens with zero attached hydrogens (tertiary/aromatic N) is 2. The summed E-state index contributed by atoms with van der Waals surface area (Å²) in [4.78, 5) is 25.5. The van der Waals surface area contributed by atoms with E-state index in [1.165, 1.54) is 36.4 Å². The fraction of sp³-hybridized carbons (Fsp3) is 0.0833. The molecule has 1 aromatic heterocycles. The molecule has 172 valence electrons. The number of urea groups is 1. The van der Waals surface area contributed by atoms with E-state index in [-0.39, 0.29) is 23.1 Å². The zero-order chi connectivity index (χ0) is 23.9. The third kappa shape index (κ3) is 6.20. The highest BCUT2D eigenvalue weighted by Crippen LogP contribution is 2.26. The lowest BCUT2D eigenvalue weighted by Crippen LogP contribution is -2.46. The molecule has 1 unspecified atom stereocenters. The van der Waals surface area contributed by atoms with Crippen molar-refractivity contribution in [1.29, 1.82) is 0 Å². The fourth-order valence-corrected chi connectivity index (χ4v) is 3.88. The predicted molar refractivity (Wildman–Crippen MR) is 126 cm³/mol. The fourth-order valence-electron chi connectivity index (χ4n) is 3.13. The van der Waals surface area contributed by atoms with Crippen LogP contribution in [0.15, 0.2) is 78.9 Å². The number of halogens is 2. The van der Waals surface area contributed by atoms with Gasteiger partial charge in [0.1, 0.15) is 22.7 Å². The average molecular weight is 480 g/mol. The Hall–Kier alpha value is -4.18. The van der Waals surface area contributed by atoms with Gasteiger partial charge >= 0.3 is 6.03 Å². The molecule has 10 heteroatoms. The van der Waals surface area contributed by atoms with Gasteiger partial charge in [0, 0.05) is 17.7 Å². The van der Waals surface area contributed by atoms with Gasteiger partial charge in [-0.3, -0.25) is 10.1 Å². The van der Waals surface area contributed by atoms with E-state index in [0.29, 0.717) is 10.6 Å². The quantitative estimate of drug-likeness (QED) is 0.353. The molecule has 1 atom stereocenters. The summed E-state index contributed by atoms with van der Waals surface area (Å²) in [6.45, 7) is 0. The van der Waals surface area contributed by atoms with Gasteiger partial charge in [-0.05, 0) is 48.0 Å². The number of amides is 3. The zero-order valence-corrected chi connectivity index (χ0v) is 18.5. The van der Waals surface area contributed by atoms with E-state index >= 15 is 0 Å². The predicted octanol–water partition coefficient (Wildman–Crippen LogP) is 4.85. The normalized spacial score (nSPS) is 11.5. The number of rotatable bonds is 7. The summed E-state index contributed by atoms with van der Waals surface area (Å²) in [7, 11) is 0. The lowest BCUT2D eigenvalue weighted by molar-refractivity contribution is -0.117. The molecule has 0 radical (unpaired) electrons. The molecule has 4 rings (SSSR count). The highest BCUT2D eigenvalue weighted by Gasteiger charge is 2.23. The smallest absolute Gasteiger partial charge is 0.319 e. The molecule has 0 aliphatic carbocycles. The molecule has 3 N–H and O–H groups in total. The molecule has 34 heavy (non-hydrogen) atoms. The van der Waals surface area contributed by atoms with Gasteiger partial charge in [-0.1, -0.05) is 47.7 Å². The highest BCUT2D eigenvalue weighted by atomic mass is 32.1. The zero-order valence-electron chi connectivity index (χ0n) is 17.7. The Labute approximate surface area is 197 Å². The molecular formula is C24H19F2N5O2S. The number of carbonyl (C=O) groups is 2. The van der Waals surface area contributed by atoms with Crippen LogP contribution < -0.4 is 16.0 Å². The minimum absolute atomic E-state index is 0.215. The summed E-state index contributed by atoms with van der Waals surface area (Å²) >= 11 is 1.12. The Morgan fingerprint density at radius 2 is 1.62 bits per heavy atom. The highest BCUT2D eigenvalue weighted by molar-refractivity contribution is 7.18. The van der Waals surface area contributed by atoms with Crippen LogP contribution in [0.1, 0.15) is 5.56 Å². The molecule has 0 spiro atoms. The van der Waals surface area contributed by atoms with E-state index in [9.17, 15) is 18.4 Å². The van der Waals surface area contributed by atoms with Crippen LogP contribution in [0.4, 0.5) is 24.4 Å². The molecule has 0 aliphatic heterocycles. The Kier molecular flexibility index (Phi) is 7.19. The van der Waals surface area contributed by atoms with E-state index in [0.717, 1.165) is 16.9 Å². The van der Waals surface area contributed by atoms with Crippen LogP contribution in [0.3, 0.4) is 0 Å². The van der Waals surface area contributed by atoms with Gasteiger partial charge in [-0.25, -0.2) is 13.6 Å². The van der Waals surface area contributed by atoms with Crippen LogP contribution in [-0.4, -0.2) is 28.2 Å². The minimum atomic E-state index is -0.950. The van der Waals surface area contributed by atoms with Crippen LogP contribution >= 0.6 is 11.3 Å². The third-order valence-corrected chi connectivity index (χ3v) is 5.62. The van der Waals surface area contributed by atoms with Crippen molar-refractivity contribution in [3.05, 3.63) is 96.1 Å². The number of nitrogens with one attached hydrogen (secondary N) is 3. The SMILES string of the molecule is O=C(Nc1cccc(F)c1)NC(Cc1ccccc1)C(=O)Nc1nnc(-c2ccc(F)cc2)s1. The van der Waals surface area contributed by atoms with Crippen molar-refractivity contribution in [3.8, 4) is 10.6 Å². The number of benzene rings is 3. The second-order valence-electron chi connectivity index (χ2n) is 7.26. The standard InChI is InChI=1S/C24H19F2N5O2S/c25-17-11-9-16(10-12-17)22-30-31-24(34-22)29-21(32)20(13-15-5-2-1-3-6-15)28-23(33)27-19-8-4-7-18(26)14-19/h1-12,14,20H,13H2,(H2,27,28,33)(H,29,31,32). The van der Waals surface area contributed by atoms with E-state index in [1.54, 1.807) is 12.1 Å². The van der Waals surface area contributed by atoms with Gasteiger partial charge in [0.15, 0.2) is 0 Å². The number of hydrogen-bond acceptors (Lipinski definition) is 5. The second kappa shape index (κ2) is 10.6. The van der Waals surface area contributed by atoms with Gasteiger partial charge in [0.25, 0.3) is 0 Å². The molecule has 0 bridgehead atoms. The largest absolute Gasteiger partial charge is 0.326 e. The number of hydrogen-bond donors (Lipinski definition) is 3. The van der Waals surface area contributed by atoms with Crippen molar-refractivity contribution >= 4 is 34.1 Å². The third-order valence-electron chi connectivity index (χ3n) is 4.73. The van der Waals surface area contributed by atoms with Crippen LogP contribution in [0.5, 0.6) is 0 Å². The first-order valence-electron chi connectivity index (χ1n) is 10.2. The van der Waals surface area contributed by atoms with Gasteiger partial charge in [0.2, 0.25) is 11.0 Å². The molecule has 4 aromatic rings. The topological polar surface area (TPSA) is 96.0 Å². The maximum Gasteiger partial charge on any atom is 0.319 e. The van der Waals surface area contributed by atoms with Crippen molar-refractivity contribution in [1.82, 2.24) is 15.5 Å². The van der Waals surface area contributed by atoms with E-state index in [1.807, 2.05) is 30.3 Å². The van der Waals surface area contributed by atoms with Gasteiger partial charge in [-0.2, -0.15) is 0 Å². The summed E-state index contributed by atoms with van der Waals surface area (Å²) < 4.78 is 26.6. The molecule has 1 heterocycles. The first-order valence-corrected chi connectivity index (χ1v) is 11.1. The van der Waals surface area contributed by atoms with Crippen molar-refractivity contribution in [2.45, 2.75) is 12.5 Å². The summed E-state index contributed by atoms with van der Waals surface area (Å²) in [5.41, 5.74) is 1.75. The summed E-state index contributed by atoms with van der Waals surface area (Å²) in [5.74, 6) is -1.36. The van der Waals surface area contributed by atoms with Crippen LogP contribution in [0.25, 0.3) is 10.6 Å². The second-order valence-corrected chi connectivity index (χ2v) is 8.24. The molecule has 0 saturated carbocycles. The molecule has 3 aromatic carbocycles. The molecule has 0 fully saturated rings. The Bertz CT molecular complexity index is 1280. The lowest BCUT2D eigenvalue weighted by atomic mass is 10.1. The van der Waals surface area contributed by atoms with Crippen LogP contribution in [0, 0.1) is 11.6 Å². The van der Waals surface area contributed by atoms with Crippen LogP contribution in [-0.2, 0) is 11.2 Å². The summed E-state index contributed by atoms with van der Waals surface area (Å²) in [5, 5.41) is 16.6. The Morgan fingerprint density at radius 3 is 2.35 bits per heavy atom. The van der Waals surface area contributed by atoms with E-state index in [4.69, 9.17) is 0 Å². The first kappa shape index (κ1) is 23.0.